The zero-order chi connectivity index (χ0) is 21.1. The number of fused-ring (bicyclic) bond motifs is 5. The number of Topliss-reactive ketones (excluding diaryl/α,β-unsaturated/α-hetero) is 1. The van der Waals surface area contributed by atoms with Crippen molar-refractivity contribution in [1.29, 1.82) is 0 Å². The number of aromatic nitrogens is 4. The Kier molecular flexibility index (Phi) is 5.07. The summed E-state index contributed by atoms with van der Waals surface area (Å²) in [5.41, 5.74) is -0.262. The minimum Gasteiger partial charge on any atom is -0.390 e. The zero-order valence-electron chi connectivity index (χ0n) is 18.9. The van der Waals surface area contributed by atoms with Gasteiger partial charge in [0.15, 0.2) is 5.78 Å². The molecular weight excluding hydrogens is 376 g/mol. The molecule has 0 bridgehead atoms. The summed E-state index contributed by atoms with van der Waals surface area (Å²) in [4.78, 5) is 13.4. The molecule has 5 rings (SSSR count). The number of nitrogens with zero attached hydrogens (tertiary/aromatic N) is 4. The summed E-state index contributed by atoms with van der Waals surface area (Å²) in [6.07, 6.45) is 11.6. The van der Waals surface area contributed by atoms with Gasteiger partial charge in [0.05, 0.1) is 5.60 Å². The Labute approximate surface area is 180 Å². The van der Waals surface area contributed by atoms with Crippen molar-refractivity contribution in [2.75, 3.05) is 0 Å². The van der Waals surface area contributed by atoms with Gasteiger partial charge in [-0.15, -0.1) is 5.10 Å². The molecule has 6 nitrogen and oxygen atoms in total. The molecule has 1 aromatic heterocycles. The van der Waals surface area contributed by atoms with Crippen molar-refractivity contribution in [3.63, 3.8) is 0 Å². The van der Waals surface area contributed by atoms with E-state index in [2.05, 4.69) is 22.4 Å². The van der Waals surface area contributed by atoms with Crippen molar-refractivity contribution in [2.24, 2.45) is 40.9 Å². The van der Waals surface area contributed by atoms with E-state index in [-0.39, 0.29) is 11.3 Å². The van der Waals surface area contributed by atoms with Crippen molar-refractivity contribution in [3.05, 3.63) is 5.82 Å². The summed E-state index contributed by atoms with van der Waals surface area (Å²) in [7, 11) is 0. The summed E-state index contributed by atoms with van der Waals surface area (Å²) in [5, 5.41) is 22.3. The van der Waals surface area contributed by atoms with E-state index in [1.165, 1.54) is 38.5 Å². The van der Waals surface area contributed by atoms with Gasteiger partial charge in [-0.2, -0.15) is 0 Å². The van der Waals surface area contributed by atoms with Gasteiger partial charge in [-0.25, -0.2) is 4.68 Å². The molecule has 0 spiro atoms. The molecule has 0 aromatic carbocycles. The van der Waals surface area contributed by atoms with Gasteiger partial charge in [0, 0.05) is 5.92 Å². The van der Waals surface area contributed by atoms with E-state index in [0.29, 0.717) is 24.2 Å². The van der Waals surface area contributed by atoms with E-state index in [4.69, 9.17) is 0 Å². The topological polar surface area (TPSA) is 80.9 Å². The molecule has 30 heavy (non-hydrogen) atoms. The van der Waals surface area contributed by atoms with E-state index in [1.54, 1.807) is 4.68 Å². The molecule has 4 aliphatic carbocycles. The second kappa shape index (κ2) is 7.39. The second-order valence-corrected chi connectivity index (χ2v) is 11.3. The molecule has 1 aromatic rings. The van der Waals surface area contributed by atoms with E-state index < -0.39 is 5.60 Å². The van der Waals surface area contributed by atoms with E-state index >= 15 is 0 Å². The monoisotopic (exact) mass is 414 g/mol. The van der Waals surface area contributed by atoms with Gasteiger partial charge < -0.3 is 5.11 Å². The van der Waals surface area contributed by atoms with Crippen LogP contribution in [0.15, 0.2) is 0 Å². The largest absolute Gasteiger partial charge is 0.390 e. The zero-order valence-corrected chi connectivity index (χ0v) is 18.9. The van der Waals surface area contributed by atoms with Crippen LogP contribution in [0.2, 0.25) is 0 Å². The van der Waals surface area contributed by atoms with Crippen LogP contribution in [0.3, 0.4) is 0 Å². The Balaban J connectivity index is 1.35. The maximum atomic E-state index is 13.4. The Morgan fingerprint density at radius 2 is 1.90 bits per heavy atom. The number of tetrazole rings is 1. The molecule has 166 valence electrons. The molecule has 0 radical (unpaired) electrons. The fourth-order valence-corrected chi connectivity index (χ4v) is 8.71. The summed E-state index contributed by atoms with van der Waals surface area (Å²) in [6.45, 7) is 6.56. The van der Waals surface area contributed by atoms with Crippen molar-refractivity contribution in [1.82, 2.24) is 20.2 Å². The molecular formula is C24H38N4O2. The molecule has 4 fully saturated rings. The van der Waals surface area contributed by atoms with Gasteiger partial charge in [0.1, 0.15) is 12.4 Å². The molecule has 1 N–H and O–H groups in total. The molecule has 0 saturated heterocycles. The number of aliphatic hydroxyl groups is 1. The van der Waals surface area contributed by atoms with Crippen LogP contribution in [0.25, 0.3) is 0 Å². The van der Waals surface area contributed by atoms with E-state index in [0.717, 1.165) is 49.3 Å². The van der Waals surface area contributed by atoms with Crippen LogP contribution in [0.1, 0.15) is 83.9 Å². The Morgan fingerprint density at radius 3 is 2.63 bits per heavy atom. The molecule has 0 amide bonds. The molecule has 6 heteroatoms. The Bertz CT molecular complexity index is 805. The quantitative estimate of drug-likeness (QED) is 0.806. The fraction of sp³-hybridized carbons (Fsp3) is 0.917. The first kappa shape index (κ1) is 20.6. The third-order valence-electron chi connectivity index (χ3n) is 10.0. The minimum absolute atomic E-state index is 0.168. The normalized spacial score (nSPS) is 45.5. The van der Waals surface area contributed by atoms with Gasteiger partial charge in [-0.1, -0.05) is 6.92 Å². The highest BCUT2D eigenvalue weighted by Gasteiger charge is 2.59. The van der Waals surface area contributed by atoms with Gasteiger partial charge in [-0.05, 0) is 123 Å². The number of ketones is 1. The Hall–Kier alpha value is -1.30. The van der Waals surface area contributed by atoms with Gasteiger partial charge in [0.25, 0.3) is 0 Å². The molecule has 0 aliphatic heterocycles. The number of aryl methyl sites for hydroxylation is 1. The first-order valence-electron chi connectivity index (χ1n) is 12.3. The van der Waals surface area contributed by atoms with E-state index in [1.807, 2.05) is 13.8 Å². The maximum absolute atomic E-state index is 13.4. The molecule has 4 saturated carbocycles. The highest BCUT2D eigenvalue weighted by atomic mass is 16.3. The van der Waals surface area contributed by atoms with Crippen LogP contribution >= 0.6 is 0 Å². The third kappa shape index (κ3) is 3.16. The first-order chi connectivity index (χ1) is 14.3. The van der Waals surface area contributed by atoms with Gasteiger partial charge in [0.2, 0.25) is 0 Å². The fourth-order valence-electron chi connectivity index (χ4n) is 8.71. The molecule has 0 unspecified atom stereocenters. The lowest BCUT2D eigenvalue weighted by atomic mass is 9.48. The van der Waals surface area contributed by atoms with Crippen molar-refractivity contribution < 1.29 is 9.90 Å². The van der Waals surface area contributed by atoms with Gasteiger partial charge >= 0.3 is 0 Å². The van der Waals surface area contributed by atoms with Gasteiger partial charge in [-0.3, -0.25) is 4.79 Å². The lowest BCUT2D eigenvalue weighted by molar-refractivity contribution is -0.135. The lowest BCUT2D eigenvalue weighted by Crippen LogP contribution is -2.51. The highest BCUT2D eigenvalue weighted by molar-refractivity contribution is 5.82. The lowest BCUT2D eigenvalue weighted by Gasteiger charge is -2.57. The second-order valence-electron chi connectivity index (χ2n) is 11.3. The SMILES string of the molecule is CC[C@]12CC[C@H]3[C@@H](CC[C@@H]4C[C@](C)(O)CC[C@@H]43)[C@@H]1CC[C@@H]2C(=O)Cn1nnnc1C. The predicted octanol–water partition coefficient (Wildman–Crippen LogP) is 3.96. The van der Waals surface area contributed by atoms with Crippen LogP contribution in [-0.2, 0) is 11.3 Å². The molecule has 4 aliphatic rings. The molecule has 1 heterocycles. The number of carbonyl (C=O) groups is 1. The standard InChI is InChI=1S/C24H38N4O2/c1-4-24-12-10-18-17-9-11-23(3,30)13-16(17)5-6-19(18)20(24)7-8-21(24)22(29)14-28-15(2)25-26-27-28/h16-21,30H,4-14H2,1-3H3/t16-,17+,18-,19-,20+,21-,23-,24+/m1/s1. The van der Waals surface area contributed by atoms with Crippen molar-refractivity contribution >= 4 is 5.78 Å². The number of carbonyl (C=O) groups excluding carboxylic acids is 1. The highest BCUT2D eigenvalue weighted by Crippen LogP contribution is 2.66. The smallest absolute Gasteiger partial charge is 0.158 e. The Morgan fingerprint density at radius 1 is 1.10 bits per heavy atom. The summed E-state index contributed by atoms with van der Waals surface area (Å²) < 4.78 is 1.67. The summed E-state index contributed by atoms with van der Waals surface area (Å²) in [6, 6.07) is 0. The predicted molar refractivity (Wildman–Crippen MR) is 113 cm³/mol. The van der Waals surface area contributed by atoms with Crippen LogP contribution in [0.4, 0.5) is 0 Å². The van der Waals surface area contributed by atoms with Crippen LogP contribution in [0, 0.1) is 47.8 Å². The van der Waals surface area contributed by atoms with Crippen LogP contribution < -0.4 is 0 Å². The van der Waals surface area contributed by atoms with Crippen LogP contribution in [0.5, 0.6) is 0 Å². The summed E-state index contributed by atoms with van der Waals surface area (Å²) in [5.74, 6) is 5.06. The minimum atomic E-state index is -0.449. The number of hydrogen-bond donors (Lipinski definition) is 1. The maximum Gasteiger partial charge on any atom is 0.158 e. The van der Waals surface area contributed by atoms with Crippen LogP contribution in [-0.4, -0.2) is 36.7 Å². The van der Waals surface area contributed by atoms with E-state index in [9.17, 15) is 9.90 Å². The first-order valence-corrected chi connectivity index (χ1v) is 12.3. The average Bonchev–Trinajstić information content (AvgIpc) is 3.30. The third-order valence-corrected chi connectivity index (χ3v) is 10.0. The van der Waals surface area contributed by atoms with Crippen molar-refractivity contribution in [2.45, 2.75) is 97.1 Å². The summed E-state index contributed by atoms with van der Waals surface area (Å²) >= 11 is 0. The average molecular weight is 415 g/mol. The number of hydrogen-bond acceptors (Lipinski definition) is 5. The molecule has 8 atom stereocenters. The number of rotatable bonds is 4. The van der Waals surface area contributed by atoms with Crippen molar-refractivity contribution in [3.8, 4) is 0 Å².